The predicted octanol–water partition coefficient (Wildman–Crippen LogP) is 4.41. The smallest absolute Gasteiger partial charge is 0.338 e. The fraction of sp³-hybridized carbons (Fsp3) is 0.208. The van der Waals surface area contributed by atoms with E-state index in [0.29, 0.717) is 28.3 Å². The first-order valence-corrected chi connectivity index (χ1v) is 10.5. The Labute approximate surface area is 188 Å². The Hall–Kier alpha value is -4.27. The number of benzene rings is 2. The van der Waals surface area contributed by atoms with Crippen molar-refractivity contribution in [3.63, 3.8) is 0 Å². The third-order valence-corrected chi connectivity index (χ3v) is 5.23. The summed E-state index contributed by atoms with van der Waals surface area (Å²) in [6, 6.07) is 16.1. The lowest BCUT2D eigenvalue weighted by molar-refractivity contribution is -0.117. The summed E-state index contributed by atoms with van der Waals surface area (Å²) in [4.78, 5) is 24.4. The summed E-state index contributed by atoms with van der Waals surface area (Å²) in [6.45, 7) is 1.56. The number of nitrogens with zero attached hydrogens (tertiary/aromatic N) is 3. The monoisotopic (exact) mass is 444 g/mol. The minimum Gasteiger partial charge on any atom is -0.452 e. The molecule has 9 nitrogen and oxygen atoms in total. The number of carbonyl (C=O) groups is 2. The van der Waals surface area contributed by atoms with E-state index in [4.69, 9.17) is 13.7 Å². The van der Waals surface area contributed by atoms with Gasteiger partial charge in [0.25, 0.3) is 11.8 Å². The molecule has 1 aliphatic carbocycles. The third-order valence-electron chi connectivity index (χ3n) is 5.23. The van der Waals surface area contributed by atoms with E-state index < -0.39 is 5.97 Å². The molecule has 2 heterocycles. The first-order chi connectivity index (χ1) is 16.1. The van der Waals surface area contributed by atoms with Gasteiger partial charge in [-0.05, 0) is 38.0 Å². The van der Waals surface area contributed by atoms with Gasteiger partial charge >= 0.3 is 5.97 Å². The van der Waals surface area contributed by atoms with Gasteiger partial charge in [0.15, 0.2) is 6.61 Å². The Morgan fingerprint density at radius 3 is 2.70 bits per heavy atom. The van der Waals surface area contributed by atoms with Gasteiger partial charge in [0.1, 0.15) is 17.0 Å². The molecule has 0 atom stereocenters. The highest BCUT2D eigenvalue weighted by molar-refractivity contribution is 5.96. The van der Waals surface area contributed by atoms with E-state index in [1.54, 1.807) is 31.2 Å². The van der Waals surface area contributed by atoms with Crippen molar-refractivity contribution >= 4 is 17.6 Å². The third kappa shape index (κ3) is 4.52. The predicted molar refractivity (Wildman–Crippen MR) is 117 cm³/mol. The number of rotatable bonds is 7. The Kier molecular flexibility index (Phi) is 5.43. The van der Waals surface area contributed by atoms with Gasteiger partial charge in [0.2, 0.25) is 5.91 Å². The second-order valence-electron chi connectivity index (χ2n) is 7.75. The molecule has 2 aromatic heterocycles. The summed E-state index contributed by atoms with van der Waals surface area (Å²) in [7, 11) is 0. The summed E-state index contributed by atoms with van der Waals surface area (Å²) in [5.74, 6) is 0.371. The first-order valence-electron chi connectivity index (χ1n) is 10.5. The molecule has 0 unspecified atom stereocenters. The maximum atomic E-state index is 12.5. The van der Waals surface area contributed by atoms with Crippen LogP contribution in [0, 0.1) is 12.8 Å². The summed E-state index contributed by atoms with van der Waals surface area (Å²) < 4.78 is 16.4. The quantitative estimate of drug-likeness (QED) is 0.416. The molecular formula is C24H20N4O5. The van der Waals surface area contributed by atoms with E-state index in [1.165, 1.54) is 0 Å². The second kappa shape index (κ2) is 8.70. The number of aromatic nitrogens is 3. The molecule has 0 saturated heterocycles. The lowest BCUT2D eigenvalue weighted by Gasteiger charge is -2.06. The zero-order valence-corrected chi connectivity index (χ0v) is 17.8. The molecule has 166 valence electrons. The molecule has 0 spiro atoms. The highest BCUT2D eigenvalue weighted by Gasteiger charge is 2.29. The van der Waals surface area contributed by atoms with Crippen molar-refractivity contribution < 1.29 is 23.3 Å². The fourth-order valence-electron chi connectivity index (χ4n) is 3.35. The van der Waals surface area contributed by atoms with Gasteiger partial charge in [-0.3, -0.25) is 4.79 Å². The van der Waals surface area contributed by atoms with Crippen LogP contribution in [0.2, 0.25) is 0 Å². The van der Waals surface area contributed by atoms with Crippen LogP contribution in [0.15, 0.2) is 63.5 Å². The Balaban J connectivity index is 1.27. The van der Waals surface area contributed by atoms with Crippen LogP contribution in [0.5, 0.6) is 0 Å². The molecule has 0 radical (unpaired) electrons. The highest BCUT2D eigenvalue weighted by atomic mass is 16.5. The van der Waals surface area contributed by atoms with Crippen LogP contribution in [-0.2, 0) is 16.1 Å². The van der Waals surface area contributed by atoms with Gasteiger partial charge in [-0.2, -0.15) is 0 Å². The Morgan fingerprint density at radius 1 is 1.09 bits per heavy atom. The minimum atomic E-state index is -0.566. The van der Waals surface area contributed by atoms with Crippen LogP contribution in [-0.4, -0.2) is 27.2 Å². The summed E-state index contributed by atoms with van der Waals surface area (Å²) >= 11 is 0. The number of hydrogen-bond donors (Lipinski definition) is 1. The van der Waals surface area contributed by atoms with E-state index in [2.05, 4.69) is 20.7 Å². The standard InChI is InChI=1S/C24H20N4O5/c1-14-20(21(28-33-14)15-6-3-2-4-7-15)23-27-26-19(32-23)13-31-24(30)17-8-5-9-18(12-17)25-22(29)16-10-11-16/h2-9,12,16H,10-11,13H2,1H3,(H,25,29). The molecule has 0 bridgehead atoms. The second-order valence-corrected chi connectivity index (χ2v) is 7.75. The molecule has 1 aliphatic rings. The molecule has 2 aromatic carbocycles. The van der Waals surface area contributed by atoms with Crippen LogP contribution < -0.4 is 5.32 Å². The van der Waals surface area contributed by atoms with Crippen LogP contribution in [0.4, 0.5) is 5.69 Å². The molecule has 1 saturated carbocycles. The topological polar surface area (TPSA) is 120 Å². The van der Waals surface area contributed by atoms with Crippen molar-refractivity contribution in [2.45, 2.75) is 26.4 Å². The Bertz CT molecular complexity index is 1310. The van der Waals surface area contributed by atoms with Crippen molar-refractivity contribution in [3.05, 3.63) is 71.8 Å². The molecule has 1 N–H and O–H groups in total. The number of nitrogens with one attached hydrogen (secondary N) is 1. The zero-order chi connectivity index (χ0) is 22.8. The Morgan fingerprint density at radius 2 is 1.91 bits per heavy atom. The number of esters is 1. The largest absolute Gasteiger partial charge is 0.452 e. The van der Waals surface area contributed by atoms with E-state index >= 15 is 0 Å². The molecule has 4 aromatic rings. The number of amides is 1. The summed E-state index contributed by atoms with van der Waals surface area (Å²) in [5, 5.41) is 15.0. The van der Waals surface area contributed by atoms with Gasteiger partial charge in [-0.25, -0.2) is 4.79 Å². The number of ether oxygens (including phenoxy) is 1. The molecule has 1 amide bonds. The maximum absolute atomic E-state index is 12.5. The highest BCUT2D eigenvalue weighted by Crippen LogP contribution is 2.33. The van der Waals surface area contributed by atoms with Crippen molar-refractivity contribution in [2.24, 2.45) is 5.92 Å². The average molecular weight is 444 g/mol. The summed E-state index contributed by atoms with van der Waals surface area (Å²) in [6.07, 6.45) is 1.81. The minimum absolute atomic E-state index is 0.0298. The van der Waals surface area contributed by atoms with Crippen LogP contribution in [0.25, 0.3) is 22.7 Å². The van der Waals surface area contributed by atoms with E-state index in [0.717, 1.165) is 18.4 Å². The molecule has 5 rings (SSSR count). The van der Waals surface area contributed by atoms with Gasteiger partial charge in [-0.1, -0.05) is 41.6 Å². The van der Waals surface area contributed by atoms with Crippen molar-refractivity contribution in [2.75, 3.05) is 5.32 Å². The van der Waals surface area contributed by atoms with Gasteiger partial charge in [-0.15, -0.1) is 10.2 Å². The van der Waals surface area contributed by atoms with Crippen LogP contribution in [0.3, 0.4) is 0 Å². The SMILES string of the molecule is Cc1onc(-c2ccccc2)c1-c1nnc(COC(=O)c2cccc(NC(=O)C3CC3)c2)o1. The lowest BCUT2D eigenvalue weighted by Crippen LogP contribution is -2.14. The van der Waals surface area contributed by atoms with Crippen molar-refractivity contribution in [1.29, 1.82) is 0 Å². The van der Waals surface area contributed by atoms with Gasteiger partial charge in [0.05, 0.1) is 5.56 Å². The fourth-order valence-corrected chi connectivity index (χ4v) is 3.35. The number of carbonyl (C=O) groups excluding carboxylic acids is 2. The molecule has 33 heavy (non-hydrogen) atoms. The van der Waals surface area contributed by atoms with Gasteiger partial charge in [0, 0.05) is 17.2 Å². The number of aryl methyl sites for hydroxylation is 1. The zero-order valence-electron chi connectivity index (χ0n) is 17.8. The molecule has 0 aliphatic heterocycles. The summed E-state index contributed by atoms with van der Waals surface area (Å²) in [5.41, 5.74) is 2.89. The number of hydrogen-bond acceptors (Lipinski definition) is 8. The molecular weight excluding hydrogens is 424 g/mol. The maximum Gasteiger partial charge on any atom is 0.338 e. The lowest BCUT2D eigenvalue weighted by atomic mass is 10.1. The molecule has 1 fully saturated rings. The number of anilines is 1. The molecule has 9 heteroatoms. The normalized spacial score (nSPS) is 13.0. The van der Waals surface area contributed by atoms with E-state index in [-0.39, 0.29) is 30.2 Å². The van der Waals surface area contributed by atoms with Gasteiger partial charge < -0.3 is 19.0 Å². The van der Waals surface area contributed by atoms with E-state index in [1.807, 2.05) is 30.3 Å². The van der Waals surface area contributed by atoms with E-state index in [9.17, 15) is 9.59 Å². The average Bonchev–Trinajstić information content (AvgIpc) is 3.48. The van der Waals surface area contributed by atoms with Crippen molar-refractivity contribution in [1.82, 2.24) is 15.4 Å². The van der Waals surface area contributed by atoms with Crippen LogP contribution >= 0.6 is 0 Å². The first kappa shape index (κ1) is 20.6. The van der Waals surface area contributed by atoms with Crippen LogP contribution in [0.1, 0.15) is 34.9 Å². The van der Waals surface area contributed by atoms with Crippen molar-refractivity contribution in [3.8, 4) is 22.7 Å².